The maximum Gasteiger partial charge on any atom is 0.128 e. The molecule has 0 aliphatic heterocycles. The Morgan fingerprint density at radius 3 is 2.44 bits per heavy atom. The molecule has 2 aromatic rings. The molecule has 0 amide bonds. The Morgan fingerprint density at radius 1 is 1.17 bits per heavy atom. The lowest BCUT2D eigenvalue weighted by molar-refractivity contribution is 0.646. The number of aromatic nitrogens is 1. The molecule has 18 heavy (non-hydrogen) atoms. The van der Waals surface area contributed by atoms with Gasteiger partial charge in [0.2, 0.25) is 0 Å². The molecule has 0 atom stereocenters. The number of rotatable bonds is 4. The monoisotopic (exact) mass is 238 g/mol. The van der Waals surface area contributed by atoms with Gasteiger partial charge in [0.25, 0.3) is 0 Å². The molecule has 2 nitrogen and oxygen atoms in total. The minimum absolute atomic E-state index is 0.792. The number of nitrogens with zero attached hydrogens (tertiary/aromatic N) is 2. The summed E-state index contributed by atoms with van der Waals surface area (Å²) in [5.74, 6) is 0. The van der Waals surface area contributed by atoms with Crippen LogP contribution in [0.1, 0.15) is 31.7 Å². The molecule has 0 spiro atoms. The molecule has 0 bridgehead atoms. The van der Waals surface area contributed by atoms with Crippen LogP contribution in [0.3, 0.4) is 0 Å². The van der Waals surface area contributed by atoms with Crippen molar-refractivity contribution in [3.63, 3.8) is 0 Å². The van der Waals surface area contributed by atoms with E-state index < -0.39 is 0 Å². The number of benzene rings is 1. The minimum atomic E-state index is 0.792. The zero-order chi connectivity index (χ0) is 13.0. The summed E-state index contributed by atoms with van der Waals surface area (Å²) < 4.78 is 2.16. The third kappa shape index (κ3) is 2.17. The van der Waals surface area contributed by atoms with E-state index in [2.05, 4.69) is 42.7 Å². The van der Waals surface area contributed by atoms with Gasteiger partial charge >= 0.3 is 0 Å². The highest BCUT2D eigenvalue weighted by Gasteiger charge is 2.14. The van der Waals surface area contributed by atoms with Gasteiger partial charge in [0.15, 0.2) is 0 Å². The van der Waals surface area contributed by atoms with Crippen LogP contribution < -0.4 is 0 Å². The van der Waals surface area contributed by atoms with Gasteiger partial charge in [-0.2, -0.15) is 5.26 Å². The molecule has 92 valence electrons. The van der Waals surface area contributed by atoms with Crippen LogP contribution in [0, 0.1) is 11.3 Å². The molecular formula is C16H18N2. The van der Waals surface area contributed by atoms with Crippen LogP contribution in [-0.2, 0) is 13.0 Å². The summed E-state index contributed by atoms with van der Waals surface area (Å²) in [5, 5.41) is 9.43. The second kappa shape index (κ2) is 5.55. The second-order valence-electron chi connectivity index (χ2n) is 4.38. The van der Waals surface area contributed by atoms with E-state index in [1.807, 2.05) is 18.2 Å². The Morgan fingerprint density at radius 2 is 1.89 bits per heavy atom. The van der Waals surface area contributed by atoms with Crippen LogP contribution in [0.5, 0.6) is 0 Å². The zero-order valence-electron chi connectivity index (χ0n) is 11.0. The topological polar surface area (TPSA) is 28.7 Å². The predicted molar refractivity (Wildman–Crippen MR) is 74.3 cm³/mol. The summed E-state index contributed by atoms with van der Waals surface area (Å²) in [6.07, 6.45) is 2.01. The summed E-state index contributed by atoms with van der Waals surface area (Å²) in [6.45, 7) is 5.19. The summed E-state index contributed by atoms with van der Waals surface area (Å²) in [6, 6.07) is 14.7. The summed E-state index contributed by atoms with van der Waals surface area (Å²) in [4.78, 5) is 0. The Kier molecular flexibility index (Phi) is 3.84. The number of hydrogen-bond donors (Lipinski definition) is 0. The molecular weight excluding hydrogens is 220 g/mol. The van der Waals surface area contributed by atoms with Gasteiger partial charge in [-0.1, -0.05) is 44.2 Å². The summed E-state index contributed by atoms with van der Waals surface area (Å²) >= 11 is 0. The fraction of sp³-hybridized carbons (Fsp3) is 0.312. The first-order chi connectivity index (χ1) is 8.81. The maximum atomic E-state index is 9.43. The third-order valence-corrected chi connectivity index (χ3v) is 3.18. The van der Waals surface area contributed by atoms with E-state index in [4.69, 9.17) is 0 Å². The van der Waals surface area contributed by atoms with Gasteiger partial charge < -0.3 is 4.57 Å². The van der Waals surface area contributed by atoms with Crippen LogP contribution in [0.15, 0.2) is 36.4 Å². The van der Waals surface area contributed by atoms with Crippen molar-refractivity contribution in [3.8, 4) is 17.2 Å². The lowest BCUT2D eigenvalue weighted by Crippen LogP contribution is -2.04. The predicted octanol–water partition coefficient (Wildman–Crippen LogP) is 4.00. The van der Waals surface area contributed by atoms with E-state index in [9.17, 15) is 5.26 Å². The number of nitriles is 1. The average molecular weight is 238 g/mol. The molecule has 0 saturated carbocycles. The molecule has 0 saturated heterocycles. The maximum absolute atomic E-state index is 9.43. The smallest absolute Gasteiger partial charge is 0.128 e. The van der Waals surface area contributed by atoms with E-state index in [0.29, 0.717) is 0 Å². The van der Waals surface area contributed by atoms with Crippen molar-refractivity contribution >= 4 is 0 Å². The minimum Gasteiger partial charge on any atom is -0.336 e. The molecule has 0 radical (unpaired) electrons. The number of aryl methyl sites for hydroxylation is 1. The van der Waals surface area contributed by atoms with Gasteiger partial charge in [-0.15, -0.1) is 0 Å². The van der Waals surface area contributed by atoms with Crippen molar-refractivity contribution in [2.45, 2.75) is 33.2 Å². The Labute approximate surface area is 108 Å². The van der Waals surface area contributed by atoms with E-state index in [1.54, 1.807) is 0 Å². The SMILES string of the molecule is CCCn1c(CC)cc(-c2ccccc2)c1C#N. The van der Waals surface area contributed by atoms with E-state index >= 15 is 0 Å². The second-order valence-corrected chi connectivity index (χ2v) is 4.38. The zero-order valence-corrected chi connectivity index (χ0v) is 11.0. The van der Waals surface area contributed by atoms with Gasteiger partial charge in [-0.25, -0.2) is 0 Å². The van der Waals surface area contributed by atoms with Crippen molar-refractivity contribution < 1.29 is 0 Å². The molecule has 0 aliphatic rings. The van der Waals surface area contributed by atoms with Gasteiger partial charge in [0.05, 0.1) is 0 Å². The molecule has 0 aliphatic carbocycles. The van der Waals surface area contributed by atoms with E-state index in [1.165, 1.54) is 5.69 Å². The van der Waals surface area contributed by atoms with Gasteiger partial charge in [-0.05, 0) is 24.5 Å². The molecule has 0 unspecified atom stereocenters. The first kappa shape index (κ1) is 12.4. The highest BCUT2D eigenvalue weighted by molar-refractivity contribution is 5.70. The fourth-order valence-electron chi connectivity index (χ4n) is 2.33. The van der Waals surface area contributed by atoms with Gasteiger partial charge in [0.1, 0.15) is 11.8 Å². The molecule has 2 heteroatoms. The van der Waals surface area contributed by atoms with Crippen LogP contribution in [0.25, 0.3) is 11.1 Å². The number of hydrogen-bond acceptors (Lipinski definition) is 1. The molecule has 1 aromatic heterocycles. The molecule has 1 heterocycles. The van der Waals surface area contributed by atoms with Gasteiger partial charge in [0, 0.05) is 17.8 Å². The molecule has 2 rings (SSSR count). The van der Waals surface area contributed by atoms with E-state index in [0.717, 1.165) is 36.2 Å². The quantitative estimate of drug-likeness (QED) is 0.791. The van der Waals surface area contributed by atoms with Crippen molar-refractivity contribution in [1.82, 2.24) is 4.57 Å². The largest absolute Gasteiger partial charge is 0.336 e. The first-order valence-corrected chi connectivity index (χ1v) is 6.49. The highest BCUT2D eigenvalue weighted by Crippen LogP contribution is 2.27. The lowest BCUT2D eigenvalue weighted by Gasteiger charge is -2.07. The molecule has 0 fully saturated rings. The Hall–Kier alpha value is -2.01. The highest BCUT2D eigenvalue weighted by atomic mass is 15.0. The van der Waals surface area contributed by atoms with Crippen molar-refractivity contribution in [2.24, 2.45) is 0 Å². The first-order valence-electron chi connectivity index (χ1n) is 6.49. The molecule has 1 aromatic carbocycles. The normalized spacial score (nSPS) is 10.3. The lowest BCUT2D eigenvalue weighted by atomic mass is 10.1. The average Bonchev–Trinajstić information content (AvgIpc) is 2.78. The summed E-state index contributed by atoms with van der Waals surface area (Å²) in [7, 11) is 0. The van der Waals surface area contributed by atoms with Crippen molar-refractivity contribution in [2.75, 3.05) is 0 Å². The Bertz CT molecular complexity index is 559. The fourth-order valence-corrected chi connectivity index (χ4v) is 2.33. The van der Waals surface area contributed by atoms with Crippen LogP contribution in [0.2, 0.25) is 0 Å². The molecule has 0 N–H and O–H groups in total. The van der Waals surface area contributed by atoms with Crippen molar-refractivity contribution in [1.29, 1.82) is 5.26 Å². The Balaban J connectivity index is 2.59. The van der Waals surface area contributed by atoms with Crippen LogP contribution in [-0.4, -0.2) is 4.57 Å². The third-order valence-electron chi connectivity index (χ3n) is 3.18. The van der Waals surface area contributed by atoms with Gasteiger partial charge in [-0.3, -0.25) is 0 Å². The van der Waals surface area contributed by atoms with Crippen LogP contribution >= 0.6 is 0 Å². The van der Waals surface area contributed by atoms with Crippen molar-refractivity contribution in [3.05, 3.63) is 47.8 Å². The summed E-state index contributed by atoms with van der Waals surface area (Å²) in [5.41, 5.74) is 4.22. The standard InChI is InChI=1S/C16H18N2/c1-3-10-18-14(4-2)11-15(16(18)12-17)13-8-6-5-7-9-13/h5-9,11H,3-4,10H2,1-2H3. The van der Waals surface area contributed by atoms with Crippen LogP contribution in [0.4, 0.5) is 0 Å². The van der Waals surface area contributed by atoms with E-state index in [-0.39, 0.29) is 0 Å².